The fraction of sp³-hybridized carbons (Fsp3) is 0.538. The van der Waals surface area contributed by atoms with Crippen molar-refractivity contribution in [2.45, 2.75) is 26.7 Å². The number of nitrogens with one attached hydrogen (secondary N) is 1. The van der Waals surface area contributed by atoms with E-state index in [0.717, 1.165) is 23.1 Å². The second-order valence-electron chi connectivity index (χ2n) is 4.62. The topological polar surface area (TPSA) is 12.0 Å². The van der Waals surface area contributed by atoms with Gasteiger partial charge in [0.1, 0.15) is 5.82 Å². The van der Waals surface area contributed by atoms with Crippen LogP contribution in [0.25, 0.3) is 0 Å². The third-order valence-electron chi connectivity index (χ3n) is 2.50. The summed E-state index contributed by atoms with van der Waals surface area (Å²) in [6.45, 7) is 8.45. The van der Waals surface area contributed by atoms with Crippen molar-refractivity contribution in [2.75, 3.05) is 13.1 Å². The van der Waals surface area contributed by atoms with Gasteiger partial charge in [0.15, 0.2) is 0 Å². The summed E-state index contributed by atoms with van der Waals surface area (Å²) in [5.74, 6) is 0.843. The van der Waals surface area contributed by atoms with Crippen LogP contribution in [-0.2, 0) is 0 Å². The number of benzene rings is 1. The van der Waals surface area contributed by atoms with Crippen LogP contribution in [0.4, 0.5) is 4.39 Å². The van der Waals surface area contributed by atoms with E-state index in [1.165, 1.54) is 12.1 Å². The highest BCUT2D eigenvalue weighted by molar-refractivity contribution is 9.10. The van der Waals surface area contributed by atoms with E-state index < -0.39 is 0 Å². The van der Waals surface area contributed by atoms with Crippen molar-refractivity contribution in [2.24, 2.45) is 5.92 Å². The quantitative estimate of drug-likeness (QED) is 0.865. The standard InChI is InChI=1S/C13H19BrFN/c1-9(2)7-16-8-10(3)12-5-4-11(15)6-13(12)14/h4-6,9-10,16H,7-8H2,1-3H3. The molecule has 0 aliphatic heterocycles. The van der Waals surface area contributed by atoms with Crippen molar-refractivity contribution in [1.82, 2.24) is 5.32 Å². The third kappa shape index (κ3) is 4.22. The largest absolute Gasteiger partial charge is 0.316 e. The SMILES string of the molecule is CC(C)CNCC(C)c1ccc(F)cc1Br. The maximum absolute atomic E-state index is 12.9. The first-order chi connectivity index (χ1) is 7.50. The van der Waals surface area contributed by atoms with Crippen molar-refractivity contribution >= 4 is 15.9 Å². The number of hydrogen-bond donors (Lipinski definition) is 1. The van der Waals surface area contributed by atoms with Gasteiger partial charge in [-0.1, -0.05) is 42.8 Å². The molecule has 90 valence electrons. The first kappa shape index (κ1) is 13.7. The van der Waals surface area contributed by atoms with Crippen molar-refractivity contribution in [1.29, 1.82) is 0 Å². The summed E-state index contributed by atoms with van der Waals surface area (Å²) >= 11 is 3.40. The lowest BCUT2D eigenvalue weighted by atomic mass is 10.0. The molecule has 1 aromatic carbocycles. The Bertz CT molecular complexity index is 339. The molecule has 1 N–H and O–H groups in total. The fourth-order valence-electron chi connectivity index (χ4n) is 1.60. The Labute approximate surface area is 106 Å². The zero-order valence-electron chi connectivity index (χ0n) is 10.1. The average molecular weight is 288 g/mol. The minimum atomic E-state index is -0.196. The summed E-state index contributed by atoms with van der Waals surface area (Å²) in [6.07, 6.45) is 0. The zero-order valence-corrected chi connectivity index (χ0v) is 11.6. The van der Waals surface area contributed by atoms with Gasteiger partial charge >= 0.3 is 0 Å². The van der Waals surface area contributed by atoms with Gasteiger partial charge in [0.25, 0.3) is 0 Å². The molecule has 0 amide bonds. The summed E-state index contributed by atoms with van der Waals surface area (Å²) in [4.78, 5) is 0. The molecule has 0 saturated carbocycles. The summed E-state index contributed by atoms with van der Waals surface area (Å²) in [5.41, 5.74) is 1.15. The number of rotatable bonds is 5. The van der Waals surface area contributed by atoms with Gasteiger partial charge in [0, 0.05) is 11.0 Å². The van der Waals surface area contributed by atoms with Crippen LogP contribution < -0.4 is 5.32 Å². The van der Waals surface area contributed by atoms with Crippen molar-refractivity contribution in [3.05, 3.63) is 34.1 Å². The summed E-state index contributed by atoms with van der Waals surface area (Å²) < 4.78 is 13.8. The van der Waals surface area contributed by atoms with Crippen LogP contribution in [0.5, 0.6) is 0 Å². The number of halogens is 2. The molecule has 3 heteroatoms. The predicted molar refractivity (Wildman–Crippen MR) is 70.2 cm³/mol. The van der Waals surface area contributed by atoms with E-state index in [0.29, 0.717) is 11.8 Å². The maximum atomic E-state index is 12.9. The van der Waals surface area contributed by atoms with Crippen molar-refractivity contribution in [3.63, 3.8) is 0 Å². The Morgan fingerprint density at radius 2 is 1.94 bits per heavy atom. The summed E-state index contributed by atoms with van der Waals surface area (Å²) in [5, 5.41) is 3.41. The van der Waals surface area contributed by atoms with E-state index >= 15 is 0 Å². The molecule has 0 radical (unpaired) electrons. The van der Waals surface area contributed by atoms with Gasteiger partial charge in [-0.3, -0.25) is 0 Å². The van der Waals surface area contributed by atoms with Crippen LogP contribution in [0, 0.1) is 11.7 Å². The van der Waals surface area contributed by atoms with Gasteiger partial charge in [0.05, 0.1) is 0 Å². The molecule has 0 heterocycles. The minimum Gasteiger partial charge on any atom is -0.316 e. The van der Waals surface area contributed by atoms with Gasteiger partial charge in [-0.25, -0.2) is 4.39 Å². The van der Waals surface area contributed by atoms with Crippen LogP contribution in [0.15, 0.2) is 22.7 Å². The molecule has 16 heavy (non-hydrogen) atoms. The molecule has 1 atom stereocenters. The normalized spacial score (nSPS) is 13.1. The molecule has 0 bridgehead atoms. The molecule has 1 unspecified atom stereocenters. The van der Waals surface area contributed by atoms with Crippen molar-refractivity contribution in [3.8, 4) is 0 Å². The Balaban J connectivity index is 2.55. The molecule has 1 rings (SSSR count). The average Bonchev–Trinajstić information content (AvgIpc) is 2.16. The molecule has 0 aliphatic carbocycles. The highest BCUT2D eigenvalue weighted by Crippen LogP contribution is 2.25. The summed E-state index contributed by atoms with van der Waals surface area (Å²) in [7, 11) is 0. The van der Waals surface area contributed by atoms with Crippen LogP contribution in [0.3, 0.4) is 0 Å². The van der Waals surface area contributed by atoms with Gasteiger partial charge in [-0.15, -0.1) is 0 Å². The second kappa shape index (κ2) is 6.36. The first-order valence-electron chi connectivity index (χ1n) is 5.66. The fourth-order valence-corrected chi connectivity index (χ4v) is 2.34. The van der Waals surface area contributed by atoms with Gasteiger partial charge in [-0.05, 0) is 36.1 Å². The monoisotopic (exact) mass is 287 g/mol. The summed E-state index contributed by atoms with van der Waals surface area (Å²) in [6, 6.07) is 4.88. The molecule has 0 fully saturated rings. The van der Waals surface area contributed by atoms with E-state index in [1.54, 1.807) is 0 Å². The second-order valence-corrected chi connectivity index (χ2v) is 5.47. The lowest BCUT2D eigenvalue weighted by molar-refractivity contribution is 0.527. The minimum absolute atomic E-state index is 0.196. The molecule has 0 saturated heterocycles. The van der Waals surface area contributed by atoms with Crippen molar-refractivity contribution < 1.29 is 4.39 Å². The third-order valence-corrected chi connectivity index (χ3v) is 3.18. The maximum Gasteiger partial charge on any atom is 0.124 e. The Morgan fingerprint density at radius 3 is 2.50 bits per heavy atom. The van der Waals surface area contributed by atoms with Crippen LogP contribution in [0.1, 0.15) is 32.3 Å². The number of hydrogen-bond acceptors (Lipinski definition) is 1. The highest BCUT2D eigenvalue weighted by atomic mass is 79.9. The molecular formula is C13H19BrFN. The Morgan fingerprint density at radius 1 is 1.25 bits per heavy atom. The van der Waals surface area contributed by atoms with E-state index in [2.05, 4.69) is 42.0 Å². The molecule has 0 spiro atoms. The van der Waals surface area contributed by atoms with E-state index in [-0.39, 0.29) is 5.82 Å². The van der Waals surface area contributed by atoms with Crippen LogP contribution in [0.2, 0.25) is 0 Å². The molecule has 0 aliphatic rings. The molecule has 1 nitrogen and oxygen atoms in total. The zero-order chi connectivity index (χ0) is 12.1. The van der Waals surface area contributed by atoms with Gasteiger partial charge < -0.3 is 5.32 Å². The Kier molecular flexibility index (Phi) is 5.42. The predicted octanol–water partition coefficient (Wildman–Crippen LogP) is 3.94. The molecular weight excluding hydrogens is 269 g/mol. The van der Waals surface area contributed by atoms with E-state index in [9.17, 15) is 4.39 Å². The highest BCUT2D eigenvalue weighted by Gasteiger charge is 2.09. The van der Waals surface area contributed by atoms with Gasteiger partial charge in [0.2, 0.25) is 0 Å². The lowest BCUT2D eigenvalue weighted by Gasteiger charge is -2.15. The molecule has 0 aromatic heterocycles. The van der Waals surface area contributed by atoms with Gasteiger partial charge in [-0.2, -0.15) is 0 Å². The Hall–Kier alpha value is -0.410. The smallest absolute Gasteiger partial charge is 0.124 e. The van der Waals surface area contributed by atoms with E-state index in [4.69, 9.17) is 0 Å². The lowest BCUT2D eigenvalue weighted by Crippen LogP contribution is -2.24. The van der Waals surface area contributed by atoms with Crippen LogP contribution in [-0.4, -0.2) is 13.1 Å². The molecule has 1 aromatic rings. The van der Waals surface area contributed by atoms with Crippen LogP contribution >= 0.6 is 15.9 Å². The van der Waals surface area contributed by atoms with E-state index in [1.807, 2.05) is 6.07 Å². The first-order valence-corrected chi connectivity index (χ1v) is 6.45.